The summed E-state index contributed by atoms with van der Waals surface area (Å²) in [6, 6.07) is 17.6. The van der Waals surface area contributed by atoms with E-state index < -0.39 is 0 Å². The van der Waals surface area contributed by atoms with Gasteiger partial charge in [0.1, 0.15) is 0 Å². The predicted octanol–water partition coefficient (Wildman–Crippen LogP) is 4.63. The Morgan fingerprint density at radius 3 is 2.79 bits per heavy atom. The maximum absolute atomic E-state index is 12.1. The molecule has 0 saturated heterocycles. The van der Waals surface area contributed by atoms with Gasteiger partial charge in [0.2, 0.25) is 5.91 Å². The fourth-order valence-electron chi connectivity index (χ4n) is 2.31. The summed E-state index contributed by atoms with van der Waals surface area (Å²) < 4.78 is 5.71. The summed E-state index contributed by atoms with van der Waals surface area (Å²) in [6.45, 7) is 0. The second kappa shape index (κ2) is 7.84. The lowest BCUT2D eigenvalue weighted by Gasteiger charge is -2.05. The van der Waals surface area contributed by atoms with Gasteiger partial charge in [0, 0.05) is 29.0 Å². The molecule has 0 aliphatic carbocycles. The zero-order chi connectivity index (χ0) is 16.8. The fourth-order valence-corrected chi connectivity index (χ4v) is 2.77. The highest BCUT2D eigenvalue weighted by atomic mass is 32.2. The molecule has 0 atom stereocenters. The van der Waals surface area contributed by atoms with Crippen LogP contribution >= 0.6 is 11.8 Å². The van der Waals surface area contributed by atoms with Crippen LogP contribution in [0, 0.1) is 0 Å². The summed E-state index contributed by atoms with van der Waals surface area (Å²) in [5.41, 5.74) is 1.79. The van der Waals surface area contributed by atoms with Gasteiger partial charge in [0.15, 0.2) is 11.7 Å². The number of hydrogen-bond acceptors (Lipinski definition) is 4. The summed E-state index contributed by atoms with van der Waals surface area (Å²) >= 11 is 1.64. The van der Waals surface area contributed by atoms with E-state index in [1.54, 1.807) is 18.0 Å². The molecule has 3 aromatic rings. The van der Waals surface area contributed by atoms with Gasteiger partial charge in [0.25, 0.3) is 0 Å². The summed E-state index contributed by atoms with van der Waals surface area (Å²) in [5.74, 6) is 1.24. The molecule has 0 aliphatic heterocycles. The molecule has 3 rings (SSSR count). The van der Waals surface area contributed by atoms with E-state index in [1.165, 1.54) is 0 Å². The summed E-state index contributed by atoms with van der Waals surface area (Å²) in [7, 11) is 0. The lowest BCUT2D eigenvalue weighted by Crippen LogP contribution is -2.12. The number of oxazole rings is 1. The van der Waals surface area contributed by atoms with Crippen molar-refractivity contribution < 1.29 is 9.21 Å². The summed E-state index contributed by atoms with van der Waals surface area (Å²) in [5, 5.41) is 2.90. The minimum absolute atomic E-state index is 0.0484. The molecule has 1 N–H and O–H groups in total. The van der Waals surface area contributed by atoms with Crippen LogP contribution in [0.4, 0.5) is 5.69 Å². The van der Waals surface area contributed by atoms with Crippen LogP contribution in [0.5, 0.6) is 0 Å². The highest BCUT2D eigenvalue weighted by Crippen LogP contribution is 2.21. The number of thioether (sulfide) groups is 1. The quantitative estimate of drug-likeness (QED) is 0.666. The van der Waals surface area contributed by atoms with Crippen LogP contribution in [0.3, 0.4) is 0 Å². The number of nitrogens with one attached hydrogen (secondary N) is 1. The van der Waals surface area contributed by atoms with E-state index >= 15 is 0 Å². The first-order chi connectivity index (χ1) is 11.7. The maximum Gasteiger partial charge on any atom is 0.224 e. The number of anilines is 1. The molecule has 5 heteroatoms. The minimum Gasteiger partial charge on any atom is -0.441 e. The van der Waals surface area contributed by atoms with Crippen LogP contribution in [0.1, 0.15) is 12.3 Å². The zero-order valence-electron chi connectivity index (χ0n) is 13.4. The van der Waals surface area contributed by atoms with E-state index in [-0.39, 0.29) is 5.91 Å². The molecule has 0 saturated carbocycles. The van der Waals surface area contributed by atoms with Crippen molar-refractivity contribution in [2.45, 2.75) is 17.7 Å². The molecule has 0 bridgehead atoms. The number of rotatable bonds is 6. The minimum atomic E-state index is -0.0484. The highest BCUT2D eigenvalue weighted by Gasteiger charge is 2.09. The predicted molar refractivity (Wildman–Crippen MR) is 97.1 cm³/mol. The van der Waals surface area contributed by atoms with E-state index in [9.17, 15) is 4.79 Å². The number of aromatic nitrogens is 1. The van der Waals surface area contributed by atoms with E-state index in [0.29, 0.717) is 18.7 Å². The first-order valence-electron chi connectivity index (χ1n) is 7.68. The standard InChI is InChI=1S/C19H18N2O2S/c1-24-16-9-5-8-15(12-16)21-18(22)10-11-19-20-13-17(23-19)14-6-3-2-4-7-14/h2-9,12-13H,10-11H2,1H3,(H,21,22). The van der Waals surface area contributed by atoms with Crippen molar-refractivity contribution in [3.8, 4) is 11.3 Å². The number of carbonyl (C=O) groups is 1. The lowest BCUT2D eigenvalue weighted by atomic mass is 10.2. The monoisotopic (exact) mass is 338 g/mol. The van der Waals surface area contributed by atoms with Crippen LogP contribution in [0.2, 0.25) is 0 Å². The van der Waals surface area contributed by atoms with Gasteiger partial charge in [0.05, 0.1) is 6.20 Å². The van der Waals surface area contributed by atoms with Crippen molar-refractivity contribution in [1.29, 1.82) is 0 Å². The zero-order valence-corrected chi connectivity index (χ0v) is 14.2. The second-order valence-corrected chi connectivity index (χ2v) is 6.14. The molecule has 2 aromatic carbocycles. The van der Waals surface area contributed by atoms with Gasteiger partial charge in [-0.2, -0.15) is 0 Å². The highest BCUT2D eigenvalue weighted by molar-refractivity contribution is 7.98. The van der Waals surface area contributed by atoms with E-state index in [1.807, 2.05) is 60.9 Å². The average molecular weight is 338 g/mol. The molecule has 0 aliphatic rings. The van der Waals surface area contributed by atoms with Gasteiger partial charge in [-0.1, -0.05) is 36.4 Å². The fraction of sp³-hybridized carbons (Fsp3) is 0.158. The van der Waals surface area contributed by atoms with Gasteiger partial charge >= 0.3 is 0 Å². The van der Waals surface area contributed by atoms with Crippen LogP contribution < -0.4 is 5.32 Å². The Morgan fingerprint density at radius 1 is 1.17 bits per heavy atom. The van der Waals surface area contributed by atoms with Crippen molar-refractivity contribution in [2.24, 2.45) is 0 Å². The molecule has 1 amide bonds. The van der Waals surface area contributed by atoms with Gasteiger partial charge in [-0.05, 0) is 24.5 Å². The third-order valence-electron chi connectivity index (χ3n) is 3.53. The average Bonchev–Trinajstić information content (AvgIpc) is 3.10. The molecule has 0 unspecified atom stereocenters. The smallest absolute Gasteiger partial charge is 0.224 e. The van der Waals surface area contributed by atoms with Gasteiger partial charge in [-0.15, -0.1) is 11.8 Å². The van der Waals surface area contributed by atoms with Crippen LogP contribution in [-0.2, 0) is 11.2 Å². The van der Waals surface area contributed by atoms with E-state index in [2.05, 4.69) is 10.3 Å². The lowest BCUT2D eigenvalue weighted by molar-refractivity contribution is -0.116. The van der Waals surface area contributed by atoms with Crippen molar-refractivity contribution in [1.82, 2.24) is 4.98 Å². The van der Waals surface area contributed by atoms with E-state index in [0.717, 1.165) is 21.9 Å². The Morgan fingerprint density at radius 2 is 2.00 bits per heavy atom. The molecule has 1 aromatic heterocycles. The number of amides is 1. The summed E-state index contributed by atoms with van der Waals surface area (Å²) in [6.07, 6.45) is 4.51. The Labute approximate surface area is 145 Å². The van der Waals surface area contributed by atoms with Crippen molar-refractivity contribution in [2.75, 3.05) is 11.6 Å². The molecule has 1 heterocycles. The molecular formula is C19H18N2O2S. The Balaban J connectivity index is 1.56. The Kier molecular flexibility index (Phi) is 5.33. The number of hydrogen-bond donors (Lipinski definition) is 1. The molecular weight excluding hydrogens is 320 g/mol. The van der Waals surface area contributed by atoms with Crippen molar-refractivity contribution >= 4 is 23.4 Å². The second-order valence-electron chi connectivity index (χ2n) is 5.26. The van der Waals surface area contributed by atoms with Crippen LogP contribution in [0.15, 0.2) is 70.1 Å². The molecule has 24 heavy (non-hydrogen) atoms. The van der Waals surface area contributed by atoms with Gasteiger partial charge in [-0.3, -0.25) is 4.79 Å². The maximum atomic E-state index is 12.1. The Bertz CT molecular complexity index is 815. The first-order valence-corrected chi connectivity index (χ1v) is 8.91. The molecule has 0 radical (unpaired) electrons. The topological polar surface area (TPSA) is 55.1 Å². The van der Waals surface area contributed by atoms with Crippen LogP contribution in [-0.4, -0.2) is 17.1 Å². The number of carbonyl (C=O) groups excluding carboxylic acids is 1. The molecule has 4 nitrogen and oxygen atoms in total. The van der Waals surface area contributed by atoms with Gasteiger partial charge < -0.3 is 9.73 Å². The van der Waals surface area contributed by atoms with E-state index in [4.69, 9.17) is 4.42 Å². The largest absolute Gasteiger partial charge is 0.441 e. The molecule has 0 fully saturated rings. The Hall–Kier alpha value is -2.53. The number of aryl methyl sites for hydroxylation is 1. The van der Waals surface area contributed by atoms with Crippen LogP contribution in [0.25, 0.3) is 11.3 Å². The molecule has 0 spiro atoms. The number of nitrogens with zero attached hydrogens (tertiary/aromatic N) is 1. The molecule has 122 valence electrons. The third-order valence-corrected chi connectivity index (χ3v) is 4.26. The first kappa shape index (κ1) is 16.3. The number of benzene rings is 2. The van der Waals surface area contributed by atoms with Crippen molar-refractivity contribution in [3.63, 3.8) is 0 Å². The SMILES string of the molecule is CSc1cccc(NC(=O)CCc2ncc(-c3ccccc3)o2)c1. The normalized spacial score (nSPS) is 10.5. The van der Waals surface area contributed by atoms with Gasteiger partial charge in [-0.25, -0.2) is 4.98 Å². The third kappa shape index (κ3) is 4.26. The summed E-state index contributed by atoms with van der Waals surface area (Å²) in [4.78, 5) is 17.4. The van der Waals surface area contributed by atoms with Crippen molar-refractivity contribution in [3.05, 3.63) is 66.7 Å².